The molecule has 0 amide bonds. The first-order chi connectivity index (χ1) is 8.20. The number of nitrogens with zero attached hydrogens (tertiary/aromatic N) is 2. The fourth-order valence-electron chi connectivity index (χ4n) is 1.21. The molecular weight excluding hydrogens is 326 g/mol. The molecule has 0 atom stereocenters. The Kier molecular flexibility index (Phi) is 4.16. The molecule has 17 heavy (non-hydrogen) atoms. The van der Waals surface area contributed by atoms with Gasteiger partial charge in [0, 0.05) is 4.88 Å². The molecule has 0 bridgehead atoms. The van der Waals surface area contributed by atoms with Gasteiger partial charge in [-0.25, -0.2) is 15.8 Å². The Balaban J connectivity index is 2.09. The average Bonchev–Trinajstić information content (AvgIpc) is 2.74. The van der Waals surface area contributed by atoms with Crippen molar-refractivity contribution in [1.82, 2.24) is 9.97 Å². The van der Waals surface area contributed by atoms with Gasteiger partial charge < -0.3 is 10.7 Å². The molecule has 5 nitrogen and oxygen atoms in total. The minimum absolute atomic E-state index is 0.534. The largest absolute Gasteiger partial charge is 0.364 e. The van der Waals surface area contributed by atoms with Crippen LogP contribution in [0.2, 0.25) is 4.34 Å². The summed E-state index contributed by atoms with van der Waals surface area (Å²) in [6.07, 6.45) is 1.43. The van der Waals surface area contributed by atoms with Crippen molar-refractivity contribution in [3.05, 3.63) is 32.1 Å². The van der Waals surface area contributed by atoms with Crippen molar-refractivity contribution in [2.75, 3.05) is 10.7 Å². The standard InChI is InChI=1S/C9H9BrClN5S/c10-7-8(14-4-15-9(7)16-12)13-3-5-1-2-6(11)17-5/h1-2,4H,3,12H2,(H2,13,14,15,16). The van der Waals surface area contributed by atoms with E-state index in [0.717, 1.165) is 9.21 Å². The fourth-order valence-corrected chi connectivity index (χ4v) is 2.70. The number of hydrogen-bond donors (Lipinski definition) is 3. The zero-order valence-electron chi connectivity index (χ0n) is 8.58. The van der Waals surface area contributed by atoms with Crippen LogP contribution in [0.1, 0.15) is 4.88 Å². The highest BCUT2D eigenvalue weighted by atomic mass is 79.9. The monoisotopic (exact) mass is 333 g/mol. The molecule has 0 aromatic carbocycles. The maximum absolute atomic E-state index is 5.85. The summed E-state index contributed by atoms with van der Waals surface area (Å²) in [6.45, 7) is 0.650. The van der Waals surface area contributed by atoms with Gasteiger partial charge in [-0.15, -0.1) is 11.3 Å². The maximum atomic E-state index is 5.85. The Morgan fingerprint density at radius 2 is 2.12 bits per heavy atom. The number of hydrogen-bond acceptors (Lipinski definition) is 6. The number of rotatable bonds is 4. The highest BCUT2D eigenvalue weighted by Crippen LogP contribution is 2.27. The molecule has 90 valence electrons. The summed E-state index contributed by atoms with van der Waals surface area (Å²) >= 11 is 10.7. The van der Waals surface area contributed by atoms with Gasteiger partial charge >= 0.3 is 0 Å². The SMILES string of the molecule is NNc1ncnc(NCc2ccc(Cl)s2)c1Br. The van der Waals surface area contributed by atoms with Crippen LogP contribution in [0.4, 0.5) is 11.6 Å². The first-order valence-electron chi connectivity index (χ1n) is 4.66. The summed E-state index contributed by atoms with van der Waals surface area (Å²) in [5, 5.41) is 3.18. The van der Waals surface area contributed by atoms with E-state index in [-0.39, 0.29) is 0 Å². The van der Waals surface area contributed by atoms with Crippen molar-refractivity contribution in [1.29, 1.82) is 0 Å². The molecular formula is C9H9BrClN5S. The third-order valence-corrected chi connectivity index (χ3v) is 3.97. The third kappa shape index (κ3) is 3.06. The van der Waals surface area contributed by atoms with E-state index in [4.69, 9.17) is 17.4 Å². The van der Waals surface area contributed by atoms with Crippen LogP contribution in [0.15, 0.2) is 22.9 Å². The Hall–Kier alpha value is -0.890. The summed E-state index contributed by atoms with van der Waals surface area (Å²) in [5.41, 5.74) is 2.48. The summed E-state index contributed by atoms with van der Waals surface area (Å²) in [4.78, 5) is 9.21. The maximum Gasteiger partial charge on any atom is 0.159 e. The van der Waals surface area contributed by atoms with Crippen molar-refractivity contribution >= 4 is 50.5 Å². The quantitative estimate of drug-likeness (QED) is 0.592. The Bertz CT molecular complexity index is 518. The molecule has 0 aliphatic rings. The lowest BCUT2D eigenvalue weighted by molar-refractivity contribution is 1.08. The van der Waals surface area contributed by atoms with Gasteiger partial charge in [0.1, 0.15) is 16.6 Å². The van der Waals surface area contributed by atoms with Crippen LogP contribution in [0.5, 0.6) is 0 Å². The second-order valence-corrected chi connectivity index (χ2v) is 5.68. The lowest BCUT2D eigenvalue weighted by Gasteiger charge is -2.08. The van der Waals surface area contributed by atoms with Gasteiger partial charge in [0.25, 0.3) is 0 Å². The van der Waals surface area contributed by atoms with E-state index in [0.29, 0.717) is 22.7 Å². The first kappa shape index (κ1) is 12.6. The molecule has 2 heterocycles. The second-order valence-electron chi connectivity index (χ2n) is 3.09. The second kappa shape index (κ2) is 5.63. The van der Waals surface area contributed by atoms with E-state index in [1.807, 2.05) is 12.1 Å². The van der Waals surface area contributed by atoms with Crippen molar-refractivity contribution in [3.63, 3.8) is 0 Å². The van der Waals surface area contributed by atoms with Crippen LogP contribution in [0.25, 0.3) is 0 Å². The minimum atomic E-state index is 0.534. The number of hydrazine groups is 1. The zero-order valence-corrected chi connectivity index (χ0v) is 11.7. The molecule has 8 heteroatoms. The fraction of sp³-hybridized carbons (Fsp3) is 0.111. The highest BCUT2D eigenvalue weighted by Gasteiger charge is 2.07. The molecule has 0 unspecified atom stereocenters. The molecule has 0 saturated heterocycles. The molecule has 0 radical (unpaired) electrons. The number of thiophene rings is 1. The highest BCUT2D eigenvalue weighted by molar-refractivity contribution is 9.10. The summed E-state index contributed by atoms with van der Waals surface area (Å²) in [6, 6.07) is 3.84. The Labute approximate surface area is 116 Å². The van der Waals surface area contributed by atoms with Gasteiger partial charge in [0.2, 0.25) is 0 Å². The van der Waals surface area contributed by atoms with Crippen molar-refractivity contribution in [3.8, 4) is 0 Å². The first-order valence-corrected chi connectivity index (χ1v) is 6.64. The minimum Gasteiger partial charge on any atom is -0.364 e. The lowest BCUT2D eigenvalue weighted by atomic mass is 10.4. The topological polar surface area (TPSA) is 75.9 Å². The third-order valence-electron chi connectivity index (χ3n) is 1.99. The summed E-state index contributed by atoms with van der Waals surface area (Å²) in [7, 11) is 0. The molecule has 0 aliphatic heterocycles. The summed E-state index contributed by atoms with van der Waals surface area (Å²) < 4.78 is 1.47. The molecule has 2 rings (SSSR count). The van der Waals surface area contributed by atoms with Gasteiger partial charge in [-0.2, -0.15) is 0 Å². The van der Waals surface area contributed by atoms with Gasteiger partial charge in [0.05, 0.1) is 10.9 Å². The number of aromatic nitrogens is 2. The van der Waals surface area contributed by atoms with E-state index < -0.39 is 0 Å². The molecule has 0 aliphatic carbocycles. The van der Waals surface area contributed by atoms with E-state index >= 15 is 0 Å². The smallest absolute Gasteiger partial charge is 0.159 e. The van der Waals surface area contributed by atoms with Gasteiger partial charge in [-0.1, -0.05) is 11.6 Å². The average molecular weight is 335 g/mol. The Morgan fingerprint density at radius 3 is 2.76 bits per heavy atom. The number of anilines is 2. The number of nitrogens with one attached hydrogen (secondary N) is 2. The van der Waals surface area contributed by atoms with E-state index in [1.54, 1.807) is 0 Å². The lowest BCUT2D eigenvalue weighted by Crippen LogP contribution is -2.11. The van der Waals surface area contributed by atoms with Crippen LogP contribution < -0.4 is 16.6 Å². The van der Waals surface area contributed by atoms with Crippen molar-refractivity contribution in [2.24, 2.45) is 5.84 Å². The number of nitrogens with two attached hydrogens (primary N) is 1. The molecule has 0 saturated carbocycles. The number of halogens is 2. The van der Waals surface area contributed by atoms with Crippen LogP contribution >= 0.6 is 38.9 Å². The van der Waals surface area contributed by atoms with Gasteiger partial charge in [0.15, 0.2) is 5.82 Å². The summed E-state index contributed by atoms with van der Waals surface area (Å²) in [5.74, 6) is 6.53. The van der Waals surface area contributed by atoms with Gasteiger partial charge in [-0.3, -0.25) is 0 Å². The van der Waals surface area contributed by atoms with Gasteiger partial charge in [-0.05, 0) is 28.1 Å². The van der Waals surface area contributed by atoms with E-state index in [2.05, 4.69) is 36.6 Å². The van der Waals surface area contributed by atoms with Crippen molar-refractivity contribution in [2.45, 2.75) is 6.54 Å². The van der Waals surface area contributed by atoms with E-state index in [1.165, 1.54) is 17.7 Å². The molecule has 2 aromatic rings. The van der Waals surface area contributed by atoms with E-state index in [9.17, 15) is 0 Å². The van der Waals surface area contributed by atoms with Crippen LogP contribution in [0.3, 0.4) is 0 Å². The Morgan fingerprint density at radius 1 is 1.35 bits per heavy atom. The predicted molar refractivity (Wildman–Crippen MR) is 74.2 cm³/mol. The molecule has 4 N–H and O–H groups in total. The predicted octanol–water partition coefficient (Wildman–Crippen LogP) is 2.85. The van der Waals surface area contributed by atoms with Crippen LogP contribution in [0, 0.1) is 0 Å². The molecule has 0 spiro atoms. The zero-order chi connectivity index (χ0) is 12.3. The molecule has 0 fully saturated rings. The molecule has 2 aromatic heterocycles. The number of nitrogen functional groups attached to an aromatic ring is 1. The normalized spacial score (nSPS) is 10.3. The van der Waals surface area contributed by atoms with Crippen molar-refractivity contribution < 1.29 is 0 Å². The van der Waals surface area contributed by atoms with Crippen LogP contribution in [-0.4, -0.2) is 9.97 Å². The van der Waals surface area contributed by atoms with Crippen LogP contribution in [-0.2, 0) is 6.54 Å².